The van der Waals surface area contributed by atoms with E-state index in [1.54, 1.807) is 13.3 Å². The first-order chi connectivity index (χ1) is 13.8. The molecule has 2 N–H and O–H groups in total. The Hall–Kier alpha value is -2.55. The number of nitrogens with one attached hydrogen (secondary N) is 2. The first kappa shape index (κ1) is 22.7. The average Bonchev–Trinajstić information content (AvgIpc) is 3.27. The molecule has 0 aliphatic rings. The van der Waals surface area contributed by atoms with E-state index in [0.717, 1.165) is 42.5 Å². The van der Waals surface area contributed by atoms with Crippen molar-refractivity contribution in [3.63, 3.8) is 0 Å². The van der Waals surface area contributed by atoms with E-state index >= 15 is 0 Å². The van der Waals surface area contributed by atoms with Gasteiger partial charge in [-0.3, -0.25) is 0 Å². The number of hydrogen-bond acceptors (Lipinski definition) is 3. The quantitative estimate of drug-likeness (QED) is 0.278. The summed E-state index contributed by atoms with van der Waals surface area (Å²) in [5, 5.41) is 10.9. The number of ether oxygens (including phenoxy) is 1. The molecule has 0 spiro atoms. The lowest BCUT2D eigenvalue weighted by molar-refractivity contribution is 0.409. The van der Waals surface area contributed by atoms with Crippen molar-refractivity contribution in [3.05, 3.63) is 78.1 Å². The van der Waals surface area contributed by atoms with Gasteiger partial charge in [-0.25, -0.2) is 9.67 Å². The van der Waals surface area contributed by atoms with Crippen LogP contribution in [0.25, 0.3) is 5.69 Å². The maximum atomic E-state index is 5.41. The van der Waals surface area contributed by atoms with E-state index < -0.39 is 0 Å². The van der Waals surface area contributed by atoms with Crippen LogP contribution in [0, 0.1) is 0 Å². The Morgan fingerprint density at radius 1 is 1.07 bits per heavy atom. The predicted octanol–water partition coefficient (Wildman–Crippen LogP) is 3.80. The van der Waals surface area contributed by atoms with Crippen LogP contribution in [0.1, 0.15) is 18.1 Å². The number of halogens is 1. The highest BCUT2D eigenvalue weighted by molar-refractivity contribution is 14.0. The van der Waals surface area contributed by atoms with Crippen LogP contribution < -0.4 is 15.4 Å². The van der Waals surface area contributed by atoms with Crippen molar-refractivity contribution < 1.29 is 4.74 Å². The zero-order chi connectivity index (χ0) is 19.6. The highest BCUT2D eigenvalue weighted by Crippen LogP contribution is 2.17. The van der Waals surface area contributed by atoms with Gasteiger partial charge in [0.05, 0.1) is 19.3 Å². The van der Waals surface area contributed by atoms with E-state index in [9.17, 15) is 0 Å². The lowest BCUT2D eigenvalue weighted by Gasteiger charge is -2.13. The molecule has 0 aliphatic heterocycles. The second-order valence-electron chi connectivity index (χ2n) is 6.30. The molecule has 0 atom stereocenters. The molecule has 0 saturated heterocycles. The average molecular weight is 505 g/mol. The van der Waals surface area contributed by atoms with E-state index in [4.69, 9.17) is 9.73 Å². The Labute approximate surface area is 189 Å². The Balaban J connectivity index is 0.00000300. The fourth-order valence-corrected chi connectivity index (χ4v) is 2.91. The molecule has 0 radical (unpaired) electrons. The summed E-state index contributed by atoms with van der Waals surface area (Å²) in [5.74, 6) is 1.73. The molecule has 0 aliphatic carbocycles. The molecule has 0 saturated carbocycles. The molecule has 0 unspecified atom stereocenters. The molecule has 3 rings (SSSR count). The second kappa shape index (κ2) is 12.1. The molecular formula is C22H28IN5O. The molecule has 0 fully saturated rings. The van der Waals surface area contributed by atoms with Crippen molar-refractivity contribution in [1.82, 2.24) is 20.4 Å². The number of rotatable bonds is 8. The summed E-state index contributed by atoms with van der Waals surface area (Å²) in [6.07, 6.45) is 4.58. The zero-order valence-electron chi connectivity index (χ0n) is 16.8. The van der Waals surface area contributed by atoms with Crippen LogP contribution in [-0.2, 0) is 13.0 Å². The van der Waals surface area contributed by atoms with Crippen molar-refractivity contribution >= 4 is 29.9 Å². The summed E-state index contributed by atoms with van der Waals surface area (Å²) >= 11 is 0. The highest BCUT2D eigenvalue weighted by Gasteiger charge is 2.03. The SMILES string of the molecule is CCNC(=NCc1ccc(-n2cccn2)cc1)NCCc1ccccc1OC.I. The highest BCUT2D eigenvalue weighted by atomic mass is 127. The third-order valence-corrected chi connectivity index (χ3v) is 4.35. The number of guanidine groups is 1. The van der Waals surface area contributed by atoms with Crippen LogP contribution >= 0.6 is 24.0 Å². The monoisotopic (exact) mass is 505 g/mol. The molecule has 2 aromatic carbocycles. The Bertz CT molecular complexity index is 878. The summed E-state index contributed by atoms with van der Waals surface area (Å²) in [5.41, 5.74) is 3.37. The lowest BCUT2D eigenvalue weighted by Crippen LogP contribution is -2.38. The topological polar surface area (TPSA) is 63.5 Å². The van der Waals surface area contributed by atoms with Crippen LogP contribution in [0.2, 0.25) is 0 Å². The minimum Gasteiger partial charge on any atom is -0.496 e. The maximum Gasteiger partial charge on any atom is 0.191 e. The van der Waals surface area contributed by atoms with Crippen molar-refractivity contribution in [2.75, 3.05) is 20.2 Å². The number of para-hydroxylation sites is 1. The van der Waals surface area contributed by atoms with Gasteiger partial charge in [-0.1, -0.05) is 30.3 Å². The second-order valence-corrected chi connectivity index (χ2v) is 6.30. The standard InChI is InChI=1S/C22H27N5O.HI/c1-3-23-22(24-15-13-19-7-4-5-8-21(19)28-2)25-17-18-9-11-20(12-10-18)27-16-6-14-26-27;/h4-12,14,16H,3,13,15,17H2,1-2H3,(H2,23,24,25);1H. The van der Waals surface area contributed by atoms with Gasteiger partial charge >= 0.3 is 0 Å². The maximum absolute atomic E-state index is 5.41. The number of benzene rings is 2. The van der Waals surface area contributed by atoms with Gasteiger partial charge in [-0.2, -0.15) is 5.10 Å². The Morgan fingerprint density at radius 3 is 2.55 bits per heavy atom. The van der Waals surface area contributed by atoms with E-state index in [1.807, 2.05) is 35.1 Å². The van der Waals surface area contributed by atoms with Gasteiger partial charge in [-0.15, -0.1) is 24.0 Å². The number of methoxy groups -OCH3 is 1. The van der Waals surface area contributed by atoms with Crippen LogP contribution in [0.5, 0.6) is 5.75 Å². The van der Waals surface area contributed by atoms with Crippen LogP contribution in [-0.4, -0.2) is 35.9 Å². The number of hydrogen-bond donors (Lipinski definition) is 2. The van der Waals surface area contributed by atoms with Gasteiger partial charge in [0, 0.05) is 25.5 Å². The van der Waals surface area contributed by atoms with Gasteiger partial charge in [0.1, 0.15) is 5.75 Å². The van der Waals surface area contributed by atoms with Crippen molar-refractivity contribution in [2.45, 2.75) is 19.9 Å². The fourth-order valence-electron chi connectivity index (χ4n) is 2.91. The molecule has 3 aromatic rings. The summed E-state index contributed by atoms with van der Waals surface area (Å²) in [4.78, 5) is 4.69. The summed E-state index contributed by atoms with van der Waals surface area (Å²) in [6, 6.07) is 18.3. The molecular weight excluding hydrogens is 477 g/mol. The number of nitrogens with zero attached hydrogens (tertiary/aromatic N) is 3. The first-order valence-electron chi connectivity index (χ1n) is 9.53. The van der Waals surface area contributed by atoms with E-state index in [2.05, 4.69) is 53.0 Å². The van der Waals surface area contributed by atoms with E-state index in [0.29, 0.717) is 6.54 Å². The number of aromatic nitrogens is 2. The van der Waals surface area contributed by atoms with Crippen molar-refractivity contribution in [1.29, 1.82) is 0 Å². The zero-order valence-corrected chi connectivity index (χ0v) is 19.2. The molecule has 6 nitrogen and oxygen atoms in total. The molecule has 0 amide bonds. The van der Waals surface area contributed by atoms with Crippen molar-refractivity contribution in [3.8, 4) is 11.4 Å². The minimum atomic E-state index is 0. The molecule has 154 valence electrons. The number of aliphatic imine (C=N–C) groups is 1. The molecule has 1 aromatic heterocycles. The summed E-state index contributed by atoms with van der Waals surface area (Å²) < 4.78 is 7.26. The van der Waals surface area contributed by atoms with Gasteiger partial charge in [0.25, 0.3) is 0 Å². The molecule has 29 heavy (non-hydrogen) atoms. The summed E-state index contributed by atoms with van der Waals surface area (Å²) in [7, 11) is 1.70. The third-order valence-electron chi connectivity index (χ3n) is 4.35. The van der Waals surface area contributed by atoms with Gasteiger partial charge < -0.3 is 15.4 Å². The lowest BCUT2D eigenvalue weighted by atomic mass is 10.1. The van der Waals surface area contributed by atoms with Gasteiger partial charge in [-0.05, 0) is 48.7 Å². The van der Waals surface area contributed by atoms with E-state index in [-0.39, 0.29) is 24.0 Å². The molecule has 7 heteroatoms. The molecule has 0 bridgehead atoms. The first-order valence-corrected chi connectivity index (χ1v) is 9.53. The van der Waals surface area contributed by atoms with Crippen LogP contribution in [0.3, 0.4) is 0 Å². The Morgan fingerprint density at radius 2 is 1.86 bits per heavy atom. The fraction of sp³-hybridized carbons (Fsp3) is 0.273. The van der Waals surface area contributed by atoms with E-state index in [1.165, 1.54) is 5.56 Å². The largest absolute Gasteiger partial charge is 0.496 e. The minimum absolute atomic E-state index is 0. The summed E-state index contributed by atoms with van der Waals surface area (Å²) in [6.45, 7) is 4.28. The van der Waals surface area contributed by atoms with Crippen LogP contribution in [0.15, 0.2) is 72.0 Å². The third kappa shape index (κ3) is 6.77. The Kier molecular flexibility index (Phi) is 9.49. The van der Waals surface area contributed by atoms with Gasteiger partial charge in [0.2, 0.25) is 0 Å². The van der Waals surface area contributed by atoms with Crippen molar-refractivity contribution in [2.24, 2.45) is 4.99 Å². The smallest absolute Gasteiger partial charge is 0.191 e. The normalized spacial score (nSPS) is 10.9. The molecule has 1 heterocycles. The van der Waals surface area contributed by atoms with Gasteiger partial charge in [0.15, 0.2) is 5.96 Å². The van der Waals surface area contributed by atoms with Crippen LogP contribution in [0.4, 0.5) is 0 Å². The predicted molar refractivity (Wildman–Crippen MR) is 128 cm³/mol.